The fourth-order valence-corrected chi connectivity index (χ4v) is 2.25. The Kier molecular flexibility index (Phi) is 3.13. The highest BCUT2D eigenvalue weighted by molar-refractivity contribution is 6.30. The summed E-state index contributed by atoms with van der Waals surface area (Å²) in [5, 5.41) is 4.02. The van der Waals surface area contributed by atoms with Crippen LogP contribution in [-0.4, -0.2) is 9.97 Å². The average Bonchev–Trinajstić information content (AvgIpc) is 2.78. The van der Waals surface area contributed by atoms with Crippen molar-refractivity contribution >= 4 is 28.6 Å². The maximum absolute atomic E-state index is 5.96. The zero-order chi connectivity index (χ0) is 13.2. The van der Waals surface area contributed by atoms with Gasteiger partial charge in [0.15, 0.2) is 0 Å². The molecule has 3 rings (SSSR count). The summed E-state index contributed by atoms with van der Waals surface area (Å²) in [6, 6.07) is 14.0. The fourth-order valence-electron chi connectivity index (χ4n) is 2.04. The van der Waals surface area contributed by atoms with E-state index in [0.717, 1.165) is 27.6 Å². The molecule has 3 nitrogen and oxygen atoms in total. The number of anilines is 1. The number of H-pyrrole nitrogens is 1. The summed E-state index contributed by atoms with van der Waals surface area (Å²) < 4.78 is 0. The van der Waals surface area contributed by atoms with E-state index < -0.39 is 0 Å². The molecule has 0 bridgehead atoms. The minimum Gasteiger partial charge on any atom is -0.352 e. The number of nitrogens with zero attached hydrogens (tertiary/aromatic N) is 1. The number of aromatic amines is 1. The van der Waals surface area contributed by atoms with E-state index in [1.807, 2.05) is 30.3 Å². The predicted molar refractivity (Wildman–Crippen MR) is 79.6 cm³/mol. The number of hydrogen-bond acceptors (Lipinski definition) is 2. The van der Waals surface area contributed by atoms with E-state index >= 15 is 0 Å². The monoisotopic (exact) mass is 271 g/mol. The summed E-state index contributed by atoms with van der Waals surface area (Å²) in [5.74, 6) is 0.778. The van der Waals surface area contributed by atoms with Gasteiger partial charge in [0.2, 0.25) is 5.95 Å². The molecule has 0 spiro atoms. The zero-order valence-corrected chi connectivity index (χ0v) is 11.3. The zero-order valence-electron chi connectivity index (χ0n) is 10.6. The van der Waals surface area contributed by atoms with Crippen molar-refractivity contribution in [3.8, 4) is 0 Å². The molecule has 3 aromatic rings. The molecule has 1 heterocycles. The molecule has 0 saturated carbocycles. The number of aromatic nitrogens is 2. The molecule has 2 aromatic carbocycles. The summed E-state index contributed by atoms with van der Waals surface area (Å²) in [5.41, 5.74) is 4.37. The van der Waals surface area contributed by atoms with E-state index in [1.165, 1.54) is 5.56 Å². The molecule has 96 valence electrons. The minimum atomic E-state index is 0.694. The van der Waals surface area contributed by atoms with Gasteiger partial charge in [0.1, 0.15) is 0 Å². The molecule has 0 aliphatic carbocycles. The van der Waals surface area contributed by atoms with Crippen LogP contribution in [0.25, 0.3) is 11.0 Å². The van der Waals surface area contributed by atoms with Crippen LogP contribution in [0.4, 0.5) is 5.95 Å². The summed E-state index contributed by atoms with van der Waals surface area (Å²) in [6.07, 6.45) is 0. The molecule has 2 N–H and O–H groups in total. The lowest BCUT2D eigenvalue weighted by atomic mass is 10.2. The second kappa shape index (κ2) is 4.94. The Morgan fingerprint density at radius 1 is 1.21 bits per heavy atom. The van der Waals surface area contributed by atoms with Gasteiger partial charge < -0.3 is 10.3 Å². The Labute approximate surface area is 116 Å². The second-order valence-electron chi connectivity index (χ2n) is 4.59. The molecule has 0 aliphatic heterocycles. The van der Waals surface area contributed by atoms with Crippen LogP contribution >= 0.6 is 11.6 Å². The molecule has 1 aromatic heterocycles. The van der Waals surface area contributed by atoms with Gasteiger partial charge in [-0.05, 0) is 42.3 Å². The topological polar surface area (TPSA) is 40.7 Å². The molecule has 19 heavy (non-hydrogen) atoms. The van der Waals surface area contributed by atoms with Crippen molar-refractivity contribution < 1.29 is 0 Å². The quantitative estimate of drug-likeness (QED) is 0.752. The predicted octanol–water partition coefficient (Wildman–Crippen LogP) is 4.14. The fraction of sp³-hybridized carbons (Fsp3) is 0.133. The van der Waals surface area contributed by atoms with Gasteiger partial charge >= 0.3 is 0 Å². The minimum absolute atomic E-state index is 0.694. The van der Waals surface area contributed by atoms with Crippen LogP contribution in [0.3, 0.4) is 0 Å². The highest BCUT2D eigenvalue weighted by atomic mass is 35.5. The smallest absolute Gasteiger partial charge is 0.201 e. The van der Waals surface area contributed by atoms with Crippen LogP contribution in [0.5, 0.6) is 0 Å². The number of hydrogen-bond donors (Lipinski definition) is 2. The molecule has 4 heteroatoms. The lowest BCUT2D eigenvalue weighted by Crippen LogP contribution is -2.00. The summed E-state index contributed by atoms with van der Waals surface area (Å²) in [4.78, 5) is 7.76. The number of rotatable bonds is 3. The molecule has 0 atom stereocenters. The van der Waals surface area contributed by atoms with Crippen molar-refractivity contribution in [2.24, 2.45) is 0 Å². The number of imidazole rings is 1. The Balaban J connectivity index is 1.78. The van der Waals surface area contributed by atoms with Crippen molar-refractivity contribution in [1.82, 2.24) is 9.97 Å². The molecule has 0 unspecified atom stereocenters. The molecule has 0 amide bonds. The van der Waals surface area contributed by atoms with Gasteiger partial charge in [-0.3, -0.25) is 0 Å². The molecular weight excluding hydrogens is 258 g/mol. The Morgan fingerprint density at radius 2 is 2.11 bits per heavy atom. The van der Waals surface area contributed by atoms with Crippen molar-refractivity contribution in [2.75, 3.05) is 5.32 Å². The number of nitrogens with one attached hydrogen (secondary N) is 2. The number of aryl methyl sites for hydroxylation is 1. The first kappa shape index (κ1) is 12.1. The summed E-state index contributed by atoms with van der Waals surface area (Å²) in [6.45, 7) is 2.76. The van der Waals surface area contributed by atoms with Crippen LogP contribution in [0.2, 0.25) is 5.02 Å². The van der Waals surface area contributed by atoms with E-state index in [4.69, 9.17) is 11.6 Å². The Morgan fingerprint density at radius 3 is 2.95 bits per heavy atom. The van der Waals surface area contributed by atoms with Gasteiger partial charge in [-0.15, -0.1) is 0 Å². The third-order valence-corrected chi connectivity index (χ3v) is 3.22. The normalized spacial score (nSPS) is 10.8. The third-order valence-electron chi connectivity index (χ3n) is 2.99. The van der Waals surface area contributed by atoms with Gasteiger partial charge in [0.25, 0.3) is 0 Å². The molecule has 0 fully saturated rings. The van der Waals surface area contributed by atoms with Gasteiger partial charge in [-0.2, -0.15) is 0 Å². The van der Waals surface area contributed by atoms with Crippen molar-refractivity contribution in [1.29, 1.82) is 0 Å². The number of fused-ring (bicyclic) bond motifs is 1. The third kappa shape index (κ3) is 2.71. The number of halogens is 1. The molecule has 0 aliphatic rings. The highest BCUT2D eigenvalue weighted by Crippen LogP contribution is 2.17. The van der Waals surface area contributed by atoms with E-state index in [9.17, 15) is 0 Å². The molecular formula is C15H14ClN3. The Hall–Kier alpha value is -2.00. The first-order chi connectivity index (χ1) is 9.20. The van der Waals surface area contributed by atoms with Crippen LogP contribution in [0, 0.1) is 6.92 Å². The van der Waals surface area contributed by atoms with Crippen LogP contribution in [0.15, 0.2) is 42.5 Å². The van der Waals surface area contributed by atoms with E-state index in [1.54, 1.807) is 0 Å². The van der Waals surface area contributed by atoms with Gasteiger partial charge in [0, 0.05) is 11.6 Å². The van der Waals surface area contributed by atoms with Crippen LogP contribution < -0.4 is 5.32 Å². The maximum Gasteiger partial charge on any atom is 0.201 e. The summed E-state index contributed by atoms with van der Waals surface area (Å²) in [7, 11) is 0. The van der Waals surface area contributed by atoms with Crippen LogP contribution in [0.1, 0.15) is 11.1 Å². The Bertz CT molecular complexity index is 718. The SMILES string of the molecule is Cc1ccc2nc(NCc3cccc(Cl)c3)[nH]c2c1. The first-order valence-electron chi connectivity index (χ1n) is 6.15. The second-order valence-corrected chi connectivity index (χ2v) is 5.03. The lowest BCUT2D eigenvalue weighted by molar-refractivity contribution is 1.10. The molecule has 0 saturated heterocycles. The number of benzene rings is 2. The van der Waals surface area contributed by atoms with Crippen molar-refractivity contribution in [3.05, 3.63) is 58.6 Å². The van der Waals surface area contributed by atoms with Gasteiger partial charge in [-0.25, -0.2) is 4.98 Å². The van der Waals surface area contributed by atoms with E-state index in [0.29, 0.717) is 6.54 Å². The van der Waals surface area contributed by atoms with E-state index in [-0.39, 0.29) is 0 Å². The van der Waals surface area contributed by atoms with Crippen molar-refractivity contribution in [3.63, 3.8) is 0 Å². The highest BCUT2D eigenvalue weighted by Gasteiger charge is 2.02. The first-order valence-corrected chi connectivity index (χ1v) is 6.53. The van der Waals surface area contributed by atoms with Gasteiger partial charge in [0.05, 0.1) is 11.0 Å². The largest absolute Gasteiger partial charge is 0.352 e. The van der Waals surface area contributed by atoms with Crippen molar-refractivity contribution in [2.45, 2.75) is 13.5 Å². The molecule has 0 radical (unpaired) electrons. The van der Waals surface area contributed by atoms with E-state index in [2.05, 4.69) is 34.3 Å². The average molecular weight is 272 g/mol. The van der Waals surface area contributed by atoms with Crippen LogP contribution in [-0.2, 0) is 6.54 Å². The lowest BCUT2D eigenvalue weighted by Gasteiger charge is -2.03. The maximum atomic E-state index is 5.96. The van der Waals surface area contributed by atoms with Gasteiger partial charge in [-0.1, -0.05) is 29.8 Å². The standard InChI is InChI=1S/C15H14ClN3/c1-10-5-6-13-14(7-10)19-15(18-13)17-9-11-3-2-4-12(16)8-11/h2-8H,9H2,1H3,(H2,17,18,19). The summed E-state index contributed by atoms with van der Waals surface area (Å²) >= 11 is 5.96.